The van der Waals surface area contributed by atoms with E-state index in [1.165, 1.54) is 44.9 Å². The van der Waals surface area contributed by atoms with Crippen LogP contribution < -0.4 is 2.39 Å². The van der Waals surface area contributed by atoms with Gasteiger partial charge in [-0.1, -0.05) is 0 Å². The van der Waals surface area contributed by atoms with Crippen molar-refractivity contribution in [2.24, 2.45) is 0 Å². The molecule has 1 rings (SSSR count). The number of thiophene rings is 1. The van der Waals surface area contributed by atoms with Crippen molar-refractivity contribution in [1.29, 1.82) is 0 Å². The van der Waals surface area contributed by atoms with Crippen molar-refractivity contribution in [3.63, 3.8) is 0 Å². The van der Waals surface area contributed by atoms with Crippen LogP contribution in [0.25, 0.3) is 0 Å². The zero-order valence-electron chi connectivity index (χ0n) is 9.60. The SMILES string of the molecule is CCCCCCCCc1ccs[c]1[Hg][Cl]. The first kappa shape index (κ1) is 14.0. The number of unbranched alkanes of at least 4 members (excludes halogenated alkanes) is 5. The molecule has 0 nitrogen and oxygen atoms in total. The van der Waals surface area contributed by atoms with Gasteiger partial charge in [0.1, 0.15) is 0 Å². The third-order valence-electron chi connectivity index (χ3n) is 2.76. The molecule has 1 heterocycles. The van der Waals surface area contributed by atoms with E-state index < -0.39 is 23.3 Å². The third-order valence-corrected chi connectivity index (χ3v) is 13.2. The van der Waals surface area contributed by atoms with E-state index in [2.05, 4.69) is 18.4 Å². The molecule has 0 N–H and O–H groups in total. The summed E-state index contributed by atoms with van der Waals surface area (Å²) in [5.41, 5.74) is 1.58. The topological polar surface area (TPSA) is 0 Å². The number of hydrogen-bond acceptors (Lipinski definition) is 1. The van der Waals surface area contributed by atoms with Crippen LogP contribution in [0, 0.1) is 0 Å². The maximum absolute atomic E-state index is 6.09. The average Bonchev–Trinajstić information content (AvgIpc) is 2.70. The molecule has 0 aliphatic rings. The molecule has 0 spiro atoms. The van der Waals surface area contributed by atoms with Gasteiger partial charge < -0.3 is 0 Å². The molecule has 0 aliphatic carbocycles. The Bertz CT molecular complexity index is 260. The third kappa shape index (κ3) is 5.69. The van der Waals surface area contributed by atoms with Gasteiger partial charge in [-0.15, -0.1) is 0 Å². The van der Waals surface area contributed by atoms with Crippen molar-refractivity contribution in [2.75, 3.05) is 0 Å². The molecule has 0 aromatic carbocycles. The van der Waals surface area contributed by atoms with E-state index >= 15 is 0 Å². The summed E-state index contributed by atoms with van der Waals surface area (Å²) < 4.78 is 1.59. The quantitative estimate of drug-likeness (QED) is 0.420. The molecular formula is C12H19ClHgS. The maximum atomic E-state index is 6.09. The van der Waals surface area contributed by atoms with E-state index in [-0.39, 0.29) is 0 Å². The van der Waals surface area contributed by atoms with Crippen molar-refractivity contribution >= 4 is 22.0 Å². The predicted molar refractivity (Wildman–Crippen MR) is 66.9 cm³/mol. The van der Waals surface area contributed by atoms with Gasteiger partial charge in [-0.25, -0.2) is 0 Å². The summed E-state index contributed by atoms with van der Waals surface area (Å²) in [7, 11) is 6.09. The van der Waals surface area contributed by atoms with E-state index in [1.54, 1.807) is 7.95 Å². The minimum absolute atomic E-state index is 1.13. The zero-order chi connectivity index (χ0) is 10.9. The van der Waals surface area contributed by atoms with Crippen LogP contribution in [0.15, 0.2) is 11.4 Å². The molecule has 1 aromatic rings. The van der Waals surface area contributed by atoms with Crippen molar-refractivity contribution < 1.29 is 23.3 Å². The van der Waals surface area contributed by atoms with Crippen molar-refractivity contribution in [2.45, 2.75) is 51.9 Å². The number of hydrogen-bond donors (Lipinski definition) is 0. The van der Waals surface area contributed by atoms with E-state index in [1.807, 2.05) is 11.3 Å². The first-order chi connectivity index (χ1) is 7.38. The first-order valence-corrected chi connectivity index (χ1v) is 16.4. The van der Waals surface area contributed by atoms with Crippen LogP contribution >= 0.6 is 19.6 Å². The van der Waals surface area contributed by atoms with E-state index in [0.29, 0.717) is 0 Å². The van der Waals surface area contributed by atoms with Crippen molar-refractivity contribution in [1.82, 2.24) is 0 Å². The molecule has 0 bridgehead atoms. The predicted octanol–water partition coefficient (Wildman–Crippen LogP) is 4.51. The van der Waals surface area contributed by atoms with Gasteiger partial charge in [-0.3, -0.25) is 0 Å². The fraction of sp³-hybridized carbons (Fsp3) is 0.667. The van der Waals surface area contributed by atoms with E-state index in [4.69, 9.17) is 8.25 Å². The van der Waals surface area contributed by atoms with Crippen LogP contribution in [0.3, 0.4) is 0 Å². The molecule has 0 atom stereocenters. The Labute approximate surface area is 113 Å². The molecule has 0 saturated heterocycles. The van der Waals surface area contributed by atoms with Gasteiger partial charge in [0.05, 0.1) is 0 Å². The summed E-state index contributed by atoms with van der Waals surface area (Å²) in [4.78, 5) is 0. The Morgan fingerprint density at radius 1 is 1.20 bits per heavy atom. The molecule has 1 aromatic heterocycles. The Kier molecular flexibility index (Phi) is 8.40. The molecule has 82 valence electrons. The molecule has 15 heavy (non-hydrogen) atoms. The summed E-state index contributed by atoms with van der Waals surface area (Å²) >= 11 is 0.755. The summed E-state index contributed by atoms with van der Waals surface area (Å²) in [5, 5.41) is 2.21. The average molecular weight is 431 g/mol. The summed E-state index contributed by atoms with van der Waals surface area (Å²) in [6, 6.07) is 2.29. The second-order valence-electron chi connectivity index (χ2n) is 4.02. The van der Waals surface area contributed by atoms with Crippen LogP contribution in [0.2, 0.25) is 0 Å². The Hall–Kier alpha value is 0.925. The van der Waals surface area contributed by atoms with Crippen LogP contribution in [-0.4, -0.2) is 0 Å². The summed E-state index contributed by atoms with van der Waals surface area (Å²) in [6.45, 7) is 2.27. The van der Waals surface area contributed by atoms with Gasteiger partial charge in [-0.05, 0) is 0 Å². The van der Waals surface area contributed by atoms with Crippen LogP contribution in [0.1, 0.15) is 51.0 Å². The number of halogens is 1. The molecule has 0 radical (unpaired) electrons. The number of aryl methyl sites for hydroxylation is 1. The standard InChI is InChI=1S/C12H19S.ClH.Hg/c1-2-3-4-5-6-7-8-12-9-10-13-11-12;;/h9-10H,2-8H2,1H3;1H;/q;;+1/p-1. The Morgan fingerprint density at radius 2 is 1.93 bits per heavy atom. The van der Waals surface area contributed by atoms with Gasteiger partial charge in [0.2, 0.25) is 0 Å². The molecule has 0 saturated carbocycles. The second-order valence-corrected chi connectivity index (χ2v) is 13.1. The second kappa shape index (κ2) is 9.01. The van der Waals surface area contributed by atoms with Crippen LogP contribution in [0.5, 0.6) is 0 Å². The normalized spacial score (nSPS) is 10.3. The first-order valence-electron chi connectivity index (χ1n) is 5.99. The molecule has 0 amide bonds. The minimum atomic E-state index is -1.13. The Balaban J connectivity index is 2.09. The molecule has 0 fully saturated rings. The zero-order valence-corrected chi connectivity index (χ0v) is 16.7. The van der Waals surface area contributed by atoms with Crippen molar-refractivity contribution in [3.05, 3.63) is 17.0 Å². The van der Waals surface area contributed by atoms with Crippen molar-refractivity contribution in [3.8, 4) is 0 Å². The fourth-order valence-corrected chi connectivity index (χ4v) is 9.42. The molecular weight excluding hydrogens is 412 g/mol. The van der Waals surface area contributed by atoms with Gasteiger partial charge in [0, 0.05) is 0 Å². The monoisotopic (exact) mass is 432 g/mol. The van der Waals surface area contributed by atoms with E-state index in [9.17, 15) is 0 Å². The van der Waals surface area contributed by atoms with Crippen LogP contribution in [-0.2, 0) is 29.8 Å². The summed E-state index contributed by atoms with van der Waals surface area (Å²) in [5.74, 6) is 0. The number of rotatable bonds is 8. The van der Waals surface area contributed by atoms with Gasteiger partial charge in [-0.2, -0.15) is 0 Å². The van der Waals surface area contributed by atoms with Crippen LogP contribution in [0.4, 0.5) is 0 Å². The molecule has 3 heteroatoms. The van der Waals surface area contributed by atoms with Gasteiger partial charge >= 0.3 is 114 Å². The van der Waals surface area contributed by atoms with Gasteiger partial charge in [0.25, 0.3) is 0 Å². The van der Waals surface area contributed by atoms with E-state index in [0.717, 1.165) is 0 Å². The molecule has 0 aliphatic heterocycles. The summed E-state index contributed by atoms with van der Waals surface area (Å²) in [6.07, 6.45) is 9.61. The van der Waals surface area contributed by atoms with Gasteiger partial charge in [0.15, 0.2) is 0 Å². The molecule has 0 unspecified atom stereocenters. The Morgan fingerprint density at radius 3 is 2.67 bits per heavy atom. The fourth-order valence-electron chi connectivity index (χ4n) is 1.80.